The zero-order valence-corrected chi connectivity index (χ0v) is 23.9. The average Bonchev–Trinajstić information content (AvgIpc) is 2.97. The Bertz CT molecular complexity index is 1490. The van der Waals surface area contributed by atoms with E-state index in [1.165, 1.54) is 11.8 Å². The third-order valence-electron chi connectivity index (χ3n) is 7.56. The van der Waals surface area contributed by atoms with Crippen LogP contribution < -0.4 is 15.5 Å². The van der Waals surface area contributed by atoms with Crippen LogP contribution in [0.2, 0.25) is 5.02 Å². The SMILES string of the molecule is CS(=O)(=O)c1ccccc1N1CCN(C(=O)[C@@H](Cc2ccc(Cl)cc2)NC(=O)[C@H]2Cc3ccccc3CN2)CC1. The van der Waals surface area contributed by atoms with Crippen LogP contribution in [0.25, 0.3) is 0 Å². The molecule has 0 saturated carbocycles. The van der Waals surface area contributed by atoms with Gasteiger partial charge in [0.05, 0.1) is 16.6 Å². The van der Waals surface area contributed by atoms with Gasteiger partial charge in [-0.25, -0.2) is 8.42 Å². The van der Waals surface area contributed by atoms with E-state index < -0.39 is 21.9 Å². The highest BCUT2D eigenvalue weighted by atomic mass is 35.5. The number of nitrogens with one attached hydrogen (secondary N) is 2. The molecule has 2 heterocycles. The Hall–Kier alpha value is -3.40. The molecule has 0 bridgehead atoms. The largest absolute Gasteiger partial charge is 0.367 e. The van der Waals surface area contributed by atoms with Gasteiger partial charge in [-0.05, 0) is 47.4 Å². The van der Waals surface area contributed by atoms with Gasteiger partial charge in [0.25, 0.3) is 0 Å². The van der Waals surface area contributed by atoms with E-state index in [9.17, 15) is 18.0 Å². The summed E-state index contributed by atoms with van der Waals surface area (Å²) in [6.45, 7) is 2.40. The molecule has 0 spiro atoms. The number of halogens is 1. The van der Waals surface area contributed by atoms with Crippen molar-refractivity contribution in [2.24, 2.45) is 0 Å². The quantitative estimate of drug-likeness (QED) is 0.446. The van der Waals surface area contributed by atoms with E-state index in [1.54, 1.807) is 35.2 Å². The van der Waals surface area contributed by atoms with E-state index in [0.29, 0.717) is 56.3 Å². The van der Waals surface area contributed by atoms with Gasteiger partial charge in [0.15, 0.2) is 9.84 Å². The Morgan fingerprint density at radius 2 is 1.60 bits per heavy atom. The summed E-state index contributed by atoms with van der Waals surface area (Å²) in [4.78, 5) is 31.2. The fourth-order valence-corrected chi connectivity index (χ4v) is 6.42. The Morgan fingerprint density at radius 1 is 0.950 bits per heavy atom. The molecule has 3 aromatic rings. The summed E-state index contributed by atoms with van der Waals surface area (Å²) in [6, 6.07) is 21.1. The molecule has 3 aromatic carbocycles. The van der Waals surface area contributed by atoms with Gasteiger partial charge in [-0.1, -0.05) is 60.1 Å². The summed E-state index contributed by atoms with van der Waals surface area (Å²) in [6.07, 6.45) is 2.10. The molecule has 0 aliphatic carbocycles. The van der Waals surface area contributed by atoms with Gasteiger partial charge in [0.1, 0.15) is 6.04 Å². The van der Waals surface area contributed by atoms with Crippen LogP contribution in [0.4, 0.5) is 5.69 Å². The molecule has 40 heavy (non-hydrogen) atoms. The average molecular weight is 581 g/mol. The lowest BCUT2D eigenvalue weighted by atomic mass is 9.95. The van der Waals surface area contributed by atoms with Gasteiger partial charge in [0, 0.05) is 50.4 Å². The monoisotopic (exact) mass is 580 g/mol. The molecular formula is C30H33ClN4O4S. The van der Waals surface area contributed by atoms with E-state index >= 15 is 0 Å². The van der Waals surface area contributed by atoms with Crippen LogP contribution in [0.1, 0.15) is 16.7 Å². The molecule has 5 rings (SSSR count). The Balaban J connectivity index is 1.29. The molecule has 0 unspecified atom stereocenters. The predicted molar refractivity (Wildman–Crippen MR) is 156 cm³/mol. The van der Waals surface area contributed by atoms with Crippen molar-refractivity contribution in [3.8, 4) is 0 Å². The maximum atomic E-state index is 13.8. The summed E-state index contributed by atoms with van der Waals surface area (Å²) in [5.41, 5.74) is 3.85. The molecule has 8 nitrogen and oxygen atoms in total. The number of hydrogen-bond acceptors (Lipinski definition) is 6. The summed E-state index contributed by atoms with van der Waals surface area (Å²) in [7, 11) is -3.39. The van der Waals surface area contributed by atoms with E-state index in [4.69, 9.17) is 11.6 Å². The van der Waals surface area contributed by atoms with E-state index in [1.807, 2.05) is 41.3 Å². The number of amides is 2. The molecule has 2 aliphatic heterocycles. The molecule has 2 atom stereocenters. The molecule has 2 aliphatic rings. The van der Waals surface area contributed by atoms with Crippen LogP contribution in [0.3, 0.4) is 0 Å². The maximum Gasteiger partial charge on any atom is 0.245 e. The van der Waals surface area contributed by atoms with Crippen molar-refractivity contribution in [1.29, 1.82) is 0 Å². The predicted octanol–water partition coefficient (Wildman–Crippen LogP) is 2.83. The summed E-state index contributed by atoms with van der Waals surface area (Å²) < 4.78 is 24.6. The number of carbonyl (C=O) groups excluding carboxylic acids is 2. The fourth-order valence-electron chi connectivity index (χ4n) is 5.39. The van der Waals surface area contributed by atoms with Crippen LogP contribution in [0.5, 0.6) is 0 Å². The topological polar surface area (TPSA) is 98.8 Å². The Kier molecular flexibility index (Phi) is 8.44. The molecule has 0 aromatic heterocycles. The normalized spacial score (nSPS) is 18.1. The van der Waals surface area contributed by atoms with Gasteiger partial charge in [-0.3, -0.25) is 9.59 Å². The molecule has 0 radical (unpaired) electrons. The number of nitrogens with zero attached hydrogens (tertiary/aromatic N) is 2. The molecule has 2 amide bonds. The minimum absolute atomic E-state index is 0.157. The van der Waals surface area contributed by atoms with Crippen molar-refractivity contribution in [3.63, 3.8) is 0 Å². The van der Waals surface area contributed by atoms with Crippen LogP contribution >= 0.6 is 11.6 Å². The second-order valence-corrected chi connectivity index (χ2v) is 12.8. The Morgan fingerprint density at radius 3 is 2.30 bits per heavy atom. The van der Waals surface area contributed by atoms with Gasteiger partial charge >= 0.3 is 0 Å². The first kappa shape index (κ1) is 28.1. The summed E-state index contributed by atoms with van der Waals surface area (Å²) >= 11 is 6.07. The zero-order chi connectivity index (χ0) is 28.3. The second-order valence-electron chi connectivity index (χ2n) is 10.4. The number of sulfone groups is 1. The second kappa shape index (κ2) is 12.0. The maximum absolute atomic E-state index is 13.8. The highest BCUT2D eigenvalue weighted by molar-refractivity contribution is 7.90. The van der Waals surface area contributed by atoms with Crippen molar-refractivity contribution in [1.82, 2.24) is 15.5 Å². The fraction of sp³-hybridized carbons (Fsp3) is 0.333. The van der Waals surface area contributed by atoms with Crippen LogP contribution in [0, 0.1) is 0 Å². The number of fused-ring (bicyclic) bond motifs is 1. The summed E-state index contributed by atoms with van der Waals surface area (Å²) in [5, 5.41) is 6.94. The molecule has 210 valence electrons. The van der Waals surface area contributed by atoms with Crippen molar-refractivity contribution < 1.29 is 18.0 Å². The van der Waals surface area contributed by atoms with Gasteiger partial charge in [0.2, 0.25) is 11.8 Å². The zero-order valence-electron chi connectivity index (χ0n) is 22.3. The molecule has 1 fully saturated rings. The lowest BCUT2D eigenvalue weighted by Gasteiger charge is -2.38. The smallest absolute Gasteiger partial charge is 0.245 e. The highest BCUT2D eigenvalue weighted by Gasteiger charge is 2.32. The highest BCUT2D eigenvalue weighted by Crippen LogP contribution is 2.26. The number of para-hydroxylation sites is 1. The van der Waals surface area contributed by atoms with Crippen molar-refractivity contribution in [3.05, 3.63) is 94.5 Å². The van der Waals surface area contributed by atoms with Crippen molar-refractivity contribution >= 4 is 38.9 Å². The molecule has 10 heteroatoms. The third-order valence-corrected chi connectivity index (χ3v) is 8.96. The van der Waals surface area contributed by atoms with Gasteiger partial charge < -0.3 is 20.4 Å². The van der Waals surface area contributed by atoms with Gasteiger partial charge in [-0.15, -0.1) is 0 Å². The number of benzene rings is 3. The minimum atomic E-state index is -3.39. The first-order valence-corrected chi connectivity index (χ1v) is 15.6. The van der Waals surface area contributed by atoms with Crippen LogP contribution in [0.15, 0.2) is 77.7 Å². The molecule has 2 N–H and O–H groups in total. The number of carbonyl (C=O) groups is 2. The van der Waals surface area contributed by atoms with E-state index in [2.05, 4.69) is 16.7 Å². The Labute approximate surface area is 240 Å². The minimum Gasteiger partial charge on any atom is -0.367 e. The number of anilines is 1. The first-order chi connectivity index (χ1) is 19.2. The van der Waals surface area contributed by atoms with Crippen molar-refractivity contribution in [2.45, 2.75) is 36.4 Å². The molecule has 1 saturated heterocycles. The molecular weight excluding hydrogens is 548 g/mol. The number of rotatable bonds is 7. The number of hydrogen-bond donors (Lipinski definition) is 2. The lowest BCUT2D eigenvalue weighted by molar-refractivity contribution is -0.137. The van der Waals surface area contributed by atoms with E-state index in [0.717, 1.165) is 11.1 Å². The first-order valence-electron chi connectivity index (χ1n) is 13.4. The van der Waals surface area contributed by atoms with E-state index in [-0.39, 0.29) is 16.7 Å². The third kappa shape index (κ3) is 6.49. The van der Waals surface area contributed by atoms with Crippen molar-refractivity contribution in [2.75, 3.05) is 37.3 Å². The lowest BCUT2D eigenvalue weighted by Crippen LogP contribution is -2.58. The van der Waals surface area contributed by atoms with Crippen LogP contribution in [-0.4, -0.2) is 69.7 Å². The van der Waals surface area contributed by atoms with Gasteiger partial charge in [-0.2, -0.15) is 0 Å². The summed E-state index contributed by atoms with van der Waals surface area (Å²) in [5.74, 6) is -0.363. The standard InChI is InChI=1S/C30H33ClN4O4S/c1-40(38,39)28-9-5-4-8-27(28)34-14-16-35(17-15-34)30(37)26(18-21-10-12-24(31)13-11-21)33-29(36)25-19-22-6-2-3-7-23(22)20-32-25/h2-13,25-26,32H,14-20H2,1H3,(H,33,36)/t25-,26-/m1/s1. The van der Waals surface area contributed by atoms with Crippen LogP contribution in [-0.2, 0) is 38.8 Å². The number of piperazine rings is 1.